The molecule has 0 spiro atoms. The van der Waals surface area contributed by atoms with Gasteiger partial charge in [0.25, 0.3) is 0 Å². The van der Waals surface area contributed by atoms with Crippen LogP contribution < -0.4 is 10.5 Å². The van der Waals surface area contributed by atoms with E-state index in [0.29, 0.717) is 5.56 Å². The summed E-state index contributed by atoms with van der Waals surface area (Å²) in [4.78, 5) is 0. The molecule has 1 rings (SSSR count). The quantitative estimate of drug-likeness (QED) is 0.458. The average molecular weight is 299 g/mol. The van der Waals surface area contributed by atoms with Gasteiger partial charge in [-0.2, -0.15) is 0 Å². The topological polar surface area (TPSA) is 59.1 Å². The van der Waals surface area contributed by atoms with Crippen molar-refractivity contribution in [2.24, 2.45) is 5.73 Å². The molecule has 0 aliphatic rings. The SMILES string of the molecule is CCCCCCOc1ccc(C(=N)N)cc1Br. The largest absolute Gasteiger partial charge is 0.492 e. The summed E-state index contributed by atoms with van der Waals surface area (Å²) in [7, 11) is 0. The zero-order valence-electron chi connectivity index (χ0n) is 10.1. The van der Waals surface area contributed by atoms with Crippen molar-refractivity contribution >= 4 is 21.8 Å². The van der Waals surface area contributed by atoms with Gasteiger partial charge < -0.3 is 10.5 Å². The van der Waals surface area contributed by atoms with Crippen LogP contribution in [0.2, 0.25) is 0 Å². The maximum absolute atomic E-state index is 7.33. The molecule has 0 radical (unpaired) electrons. The second-order valence-electron chi connectivity index (χ2n) is 3.97. The van der Waals surface area contributed by atoms with Crippen molar-refractivity contribution in [1.29, 1.82) is 5.41 Å². The van der Waals surface area contributed by atoms with Gasteiger partial charge in [-0.1, -0.05) is 26.2 Å². The second-order valence-corrected chi connectivity index (χ2v) is 4.82. The van der Waals surface area contributed by atoms with Crippen LogP contribution in [-0.4, -0.2) is 12.4 Å². The van der Waals surface area contributed by atoms with Gasteiger partial charge in [-0.3, -0.25) is 5.41 Å². The molecule has 1 aromatic carbocycles. The first-order valence-electron chi connectivity index (χ1n) is 5.92. The molecule has 0 aliphatic carbocycles. The molecular weight excluding hydrogens is 280 g/mol. The van der Waals surface area contributed by atoms with E-state index in [9.17, 15) is 0 Å². The van der Waals surface area contributed by atoms with E-state index in [2.05, 4.69) is 22.9 Å². The van der Waals surface area contributed by atoms with Crippen molar-refractivity contribution in [1.82, 2.24) is 0 Å². The van der Waals surface area contributed by atoms with E-state index in [1.54, 1.807) is 6.07 Å². The smallest absolute Gasteiger partial charge is 0.133 e. The first kappa shape index (κ1) is 14.0. The molecule has 3 N–H and O–H groups in total. The summed E-state index contributed by atoms with van der Waals surface area (Å²) in [5.41, 5.74) is 6.11. The molecule has 4 heteroatoms. The van der Waals surface area contributed by atoms with Crippen molar-refractivity contribution < 1.29 is 4.74 Å². The average Bonchev–Trinajstić information content (AvgIpc) is 2.30. The van der Waals surface area contributed by atoms with E-state index in [0.717, 1.165) is 23.2 Å². The third-order valence-corrected chi connectivity index (χ3v) is 3.12. The monoisotopic (exact) mass is 298 g/mol. The highest BCUT2D eigenvalue weighted by Crippen LogP contribution is 2.26. The minimum Gasteiger partial charge on any atom is -0.492 e. The molecule has 0 saturated carbocycles. The number of amidine groups is 1. The first-order chi connectivity index (χ1) is 8.15. The summed E-state index contributed by atoms with van der Waals surface area (Å²) >= 11 is 3.42. The van der Waals surface area contributed by atoms with Crippen LogP contribution in [0.5, 0.6) is 5.75 Å². The number of ether oxygens (including phenoxy) is 1. The van der Waals surface area contributed by atoms with Crippen LogP contribution in [0.3, 0.4) is 0 Å². The lowest BCUT2D eigenvalue weighted by molar-refractivity contribution is 0.303. The van der Waals surface area contributed by atoms with Crippen molar-refractivity contribution in [2.75, 3.05) is 6.61 Å². The number of rotatable bonds is 7. The highest BCUT2D eigenvalue weighted by molar-refractivity contribution is 9.10. The molecule has 0 saturated heterocycles. The van der Waals surface area contributed by atoms with Crippen LogP contribution >= 0.6 is 15.9 Å². The summed E-state index contributed by atoms with van der Waals surface area (Å²) in [6.07, 6.45) is 4.78. The Morgan fingerprint density at radius 1 is 1.35 bits per heavy atom. The van der Waals surface area contributed by atoms with Gasteiger partial charge in [0.2, 0.25) is 0 Å². The normalized spacial score (nSPS) is 10.2. The number of nitrogens with two attached hydrogens (primary N) is 1. The van der Waals surface area contributed by atoms with E-state index in [1.807, 2.05) is 12.1 Å². The van der Waals surface area contributed by atoms with Crippen LogP contribution in [0.4, 0.5) is 0 Å². The zero-order chi connectivity index (χ0) is 12.7. The predicted octanol–water partition coefficient (Wildman–Crippen LogP) is 3.69. The number of nitrogen functional groups attached to an aromatic ring is 1. The fourth-order valence-corrected chi connectivity index (χ4v) is 1.99. The van der Waals surface area contributed by atoms with E-state index < -0.39 is 0 Å². The predicted molar refractivity (Wildman–Crippen MR) is 74.8 cm³/mol. The van der Waals surface area contributed by atoms with Gasteiger partial charge in [-0.15, -0.1) is 0 Å². The lowest BCUT2D eigenvalue weighted by atomic mass is 10.2. The van der Waals surface area contributed by atoms with Gasteiger partial charge >= 0.3 is 0 Å². The summed E-state index contributed by atoms with van der Waals surface area (Å²) in [5, 5.41) is 7.33. The fourth-order valence-electron chi connectivity index (χ4n) is 1.50. The summed E-state index contributed by atoms with van der Waals surface area (Å²) in [5.74, 6) is 0.881. The fraction of sp³-hybridized carbons (Fsp3) is 0.462. The molecule has 1 aromatic rings. The Morgan fingerprint density at radius 3 is 2.71 bits per heavy atom. The molecule has 3 nitrogen and oxygen atoms in total. The Balaban J connectivity index is 2.46. The van der Waals surface area contributed by atoms with Crippen LogP contribution in [0.1, 0.15) is 38.2 Å². The standard InChI is InChI=1S/C13H19BrN2O/c1-2-3-4-5-8-17-12-7-6-10(13(15)16)9-11(12)14/h6-7,9H,2-5,8H2,1H3,(H3,15,16). The molecule has 0 heterocycles. The highest BCUT2D eigenvalue weighted by atomic mass is 79.9. The third-order valence-electron chi connectivity index (χ3n) is 2.50. The van der Waals surface area contributed by atoms with Gasteiger partial charge in [0, 0.05) is 5.56 Å². The van der Waals surface area contributed by atoms with E-state index in [4.69, 9.17) is 15.9 Å². The van der Waals surface area contributed by atoms with E-state index >= 15 is 0 Å². The summed E-state index contributed by atoms with van der Waals surface area (Å²) < 4.78 is 6.51. The molecule has 0 fully saturated rings. The van der Waals surface area contributed by atoms with Crippen molar-refractivity contribution in [3.05, 3.63) is 28.2 Å². The lowest BCUT2D eigenvalue weighted by Gasteiger charge is -2.09. The van der Waals surface area contributed by atoms with Crippen molar-refractivity contribution in [3.8, 4) is 5.75 Å². The number of hydrogen-bond donors (Lipinski definition) is 2. The lowest BCUT2D eigenvalue weighted by Crippen LogP contribution is -2.11. The molecule has 0 bridgehead atoms. The molecule has 0 amide bonds. The maximum Gasteiger partial charge on any atom is 0.133 e. The number of halogens is 1. The summed E-state index contributed by atoms with van der Waals surface area (Å²) in [6, 6.07) is 5.46. The first-order valence-corrected chi connectivity index (χ1v) is 6.71. The van der Waals surface area contributed by atoms with Gasteiger partial charge in [0.15, 0.2) is 0 Å². The van der Waals surface area contributed by atoms with Crippen LogP contribution in [0.15, 0.2) is 22.7 Å². The summed E-state index contributed by atoms with van der Waals surface area (Å²) in [6.45, 7) is 2.93. The molecule has 0 aliphatic heterocycles. The Bertz CT molecular complexity index is 380. The molecule has 94 valence electrons. The molecule has 0 unspecified atom stereocenters. The number of nitrogens with one attached hydrogen (secondary N) is 1. The molecule has 0 aromatic heterocycles. The molecule has 0 atom stereocenters. The van der Waals surface area contributed by atoms with Crippen LogP contribution in [0, 0.1) is 5.41 Å². The Morgan fingerprint density at radius 2 is 2.12 bits per heavy atom. The van der Waals surface area contributed by atoms with Gasteiger partial charge in [0.05, 0.1) is 11.1 Å². The minimum atomic E-state index is 0.0696. The van der Waals surface area contributed by atoms with Crippen LogP contribution in [-0.2, 0) is 0 Å². The third kappa shape index (κ3) is 4.77. The zero-order valence-corrected chi connectivity index (χ0v) is 11.7. The minimum absolute atomic E-state index is 0.0696. The maximum atomic E-state index is 7.33. The van der Waals surface area contributed by atoms with Gasteiger partial charge in [0.1, 0.15) is 11.6 Å². The van der Waals surface area contributed by atoms with Crippen LogP contribution in [0.25, 0.3) is 0 Å². The van der Waals surface area contributed by atoms with E-state index in [1.165, 1.54) is 19.3 Å². The van der Waals surface area contributed by atoms with Crippen molar-refractivity contribution in [2.45, 2.75) is 32.6 Å². The molecule has 17 heavy (non-hydrogen) atoms. The second kappa shape index (κ2) is 7.33. The Labute approximate surface area is 111 Å². The van der Waals surface area contributed by atoms with E-state index in [-0.39, 0.29) is 5.84 Å². The number of hydrogen-bond acceptors (Lipinski definition) is 2. The molecular formula is C13H19BrN2O. The number of benzene rings is 1. The van der Waals surface area contributed by atoms with Crippen molar-refractivity contribution in [3.63, 3.8) is 0 Å². The van der Waals surface area contributed by atoms with Gasteiger partial charge in [-0.25, -0.2) is 0 Å². The number of unbranched alkanes of at least 4 members (excludes halogenated alkanes) is 3. The Kier molecular flexibility index (Phi) is 6.05. The van der Waals surface area contributed by atoms with Gasteiger partial charge in [-0.05, 0) is 40.5 Å². The Hall–Kier alpha value is -1.03. The highest BCUT2D eigenvalue weighted by Gasteiger charge is 2.04.